The Morgan fingerprint density at radius 3 is 2.29 bits per heavy atom. The molecule has 0 aliphatic carbocycles. The van der Waals surface area contributed by atoms with Crippen molar-refractivity contribution in [1.29, 1.82) is 0 Å². The van der Waals surface area contributed by atoms with Gasteiger partial charge in [-0.25, -0.2) is 0 Å². The van der Waals surface area contributed by atoms with Gasteiger partial charge < -0.3 is 0 Å². The van der Waals surface area contributed by atoms with E-state index in [1.807, 2.05) is 0 Å². The number of amides is 2. The first-order valence-electron chi connectivity index (χ1n) is 5.18. The largest absolute Gasteiger partial charge is 0.274 e. The Kier molecular flexibility index (Phi) is 3.07. The maximum Gasteiger partial charge on any atom is 0.234 e. The van der Waals surface area contributed by atoms with E-state index in [2.05, 4.69) is 10.0 Å². The minimum Gasteiger partial charge on any atom is -0.274 e. The van der Waals surface area contributed by atoms with Crippen molar-refractivity contribution in [1.82, 2.24) is 0 Å². The van der Waals surface area contributed by atoms with E-state index < -0.39 is 0 Å². The Labute approximate surface area is 97.5 Å². The fraction of sp³-hybridized carbons (Fsp3) is 0.273. The number of hydrogen-bond acceptors (Lipinski definition) is 3. The summed E-state index contributed by atoms with van der Waals surface area (Å²) in [7, 11) is 0. The first kappa shape index (κ1) is 11.2. The van der Waals surface area contributed by atoms with E-state index >= 15 is 0 Å². The molecule has 0 spiro atoms. The summed E-state index contributed by atoms with van der Waals surface area (Å²) in [4.78, 5) is 26.8. The van der Waals surface area contributed by atoms with E-state index in [1.165, 1.54) is 4.90 Å². The zero-order chi connectivity index (χ0) is 12.3. The molecule has 6 heteroatoms. The minimum atomic E-state index is -0.169. The van der Waals surface area contributed by atoms with Crippen molar-refractivity contribution in [3.05, 3.63) is 40.3 Å². The van der Waals surface area contributed by atoms with Crippen molar-refractivity contribution in [2.45, 2.75) is 19.4 Å². The Bertz CT molecular complexity index is 487. The highest BCUT2D eigenvalue weighted by Gasteiger charge is 2.29. The van der Waals surface area contributed by atoms with Crippen molar-refractivity contribution in [2.75, 3.05) is 4.90 Å². The number of carbonyl (C=O) groups is 2. The van der Waals surface area contributed by atoms with Gasteiger partial charge in [0.05, 0.1) is 12.2 Å². The summed E-state index contributed by atoms with van der Waals surface area (Å²) in [5.74, 6) is -0.337. The van der Waals surface area contributed by atoms with Gasteiger partial charge >= 0.3 is 0 Å². The molecule has 0 aromatic heterocycles. The number of azide groups is 1. The first-order valence-corrected chi connectivity index (χ1v) is 5.18. The van der Waals surface area contributed by atoms with Crippen molar-refractivity contribution < 1.29 is 9.59 Å². The van der Waals surface area contributed by atoms with Crippen LogP contribution < -0.4 is 4.90 Å². The Balaban J connectivity index is 2.20. The van der Waals surface area contributed by atoms with Crippen LogP contribution in [-0.4, -0.2) is 11.8 Å². The molecule has 0 radical (unpaired) electrons. The Hall–Kier alpha value is -2.33. The predicted molar refractivity (Wildman–Crippen MR) is 61.0 cm³/mol. The summed E-state index contributed by atoms with van der Waals surface area (Å²) in [5, 5.41) is 3.43. The van der Waals surface area contributed by atoms with E-state index in [0.717, 1.165) is 5.56 Å². The second kappa shape index (κ2) is 4.67. The van der Waals surface area contributed by atoms with Gasteiger partial charge in [0.25, 0.3) is 0 Å². The van der Waals surface area contributed by atoms with Crippen LogP contribution in [0, 0.1) is 0 Å². The van der Waals surface area contributed by atoms with E-state index in [1.54, 1.807) is 24.3 Å². The molecule has 2 amide bonds. The second-order valence-electron chi connectivity index (χ2n) is 3.68. The Morgan fingerprint density at radius 1 is 1.18 bits per heavy atom. The van der Waals surface area contributed by atoms with Crippen LogP contribution in [0.5, 0.6) is 0 Å². The molecule has 1 fully saturated rings. The third kappa shape index (κ3) is 2.26. The third-order valence-corrected chi connectivity index (χ3v) is 2.56. The average Bonchev–Trinajstić information content (AvgIpc) is 2.67. The maximum absolute atomic E-state index is 11.5. The van der Waals surface area contributed by atoms with Gasteiger partial charge in [-0.2, -0.15) is 0 Å². The molecule has 1 aliphatic rings. The summed E-state index contributed by atoms with van der Waals surface area (Å²) >= 11 is 0. The molecule has 6 nitrogen and oxygen atoms in total. The lowest BCUT2D eigenvalue weighted by molar-refractivity contribution is -0.121. The summed E-state index contributed by atoms with van der Waals surface area (Å²) in [5.41, 5.74) is 9.60. The lowest BCUT2D eigenvalue weighted by Gasteiger charge is -2.13. The molecule has 0 bridgehead atoms. The van der Waals surface area contributed by atoms with Gasteiger partial charge in [-0.15, -0.1) is 0 Å². The van der Waals surface area contributed by atoms with E-state index in [4.69, 9.17) is 5.53 Å². The molecular formula is C11H10N4O2. The summed E-state index contributed by atoms with van der Waals surface area (Å²) in [6, 6.07) is 6.85. The topological polar surface area (TPSA) is 86.1 Å². The van der Waals surface area contributed by atoms with E-state index in [-0.39, 0.29) is 31.2 Å². The zero-order valence-electron chi connectivity index (χ0n) is 9.04. The molecule has 0 N–H and O–H groups in total. The highest BCUT2D eigenvalue weighted by Crippen LogP contribution is 2.22. The van der Waals surface area contributed by atoms with Crippen LogP contribution in [0.15, 0.2) is 29.4 Å². The van der Waals surface area contributed by atoms with Gasteiger partial charge in [0, 0.05) is 17.8 Å². The van der Waals surface area contributed by atoms with Crippen molar-refractivity contribution in [3.8, 4) is 0 Å². The molecule has 0 unspecified atom stereocenters. The molecule has 1 heterocycles. The summed E-state index contributed by atoms with van der Waals surface area (Å²) < 4.78 is 0. The normalized spacial score (nSPS) is 14.9. The van der Waals surface area contributed by atoms with Crippen molar-refractivity contribution in [2.24, 2.45) is 5.11 Å². The third-order valence-electron chi connectivity index (χ3n) is 2.56. The fourth-order valence-electron chi connectivity index (χ4n) is 1.73. The zero-order valence-corrected chi connectivity index (χ0v) is 9.04. The van der Waals surface area contributed by atoms with Crippen LogP contribution in [0.4, 0.5) is 5.69 Å². The number of anilines is 1. The first-order chi connectivity index (χ1) is 8.22. The molecule has 0 saturated carbocycles. The van der Waals surface area contributed by atoms with Crippen LogP contribution in [0.1, 0.15) is 18.4 Å². The van der Waals surface area contributed by atoms with Crippen LogP contribution >= 0.6 is 0 Å². The Morgan fingerprint density at radius 2 is 1.76 bits per heavy atom. The van der Waals surface area contributed by atoms with Gasteiger partial charge in [-0.1, -0.05) is 17.2 Å². The van der Waals surface area contributed by atoms with E-state index in [0.29, 0.717) is 5.69 Å². The van der Waals surface area contributed by atoms with Gasteiger partial charge in [-0.05, 0) is 23.2 Å². The number of carbonyl (C=O) groups excluding carboxylic acids is 2. The lowest BCUT2D eigenvalue weighted by Crippen LogP contribution is -2.28. The minimum absolute atomic E-state index is 0.169. The molecule has 86 valence electrons. The summed E-state index contributed by atoms with van der Waals surface area (Å²) in [6.45, 7) is 0.263. The maximum atomic E-state index is 11.5. The predicted octanol–water partition coefficient (Wildman–Crippen LogP) is 2.15. The van der Waals surface area contributed by atoms with Gasteiger partial charge in [0.2, 0.25) is 11.8 Å². The smallest absolute Gasteiger partial charge is 0.234 e. The average molecular weight is 230 g/mol. The molecule has 1 saturated heterocycles. The molecule has 0 atom stereocenters. The van der Waals surface area contributed by atoms with Gasteiger partial charge in [0.15, 0.2) is 0 Å². The quantitative estimate of drug-likeness (QED) is 0.345. The van der Waals surface area contributed by atoms with Gasteiger partial charge in [-0.3, -0.25) is 14.5 Å². The molecule has 1 aromatic carbocycles. The van der Waals surface area contributed by atoms with Crippen LogP contribution in [0.2, 0.25) is 0 Å². The lowest BCUT2D eigenvalue weighted by atomic mass is 10.2. The summed E-state index contributed by atoms with van der Waals surface area (Å²) in [6.07, 6.45) is 0.554. The fourth-order valence-corrected chi connectivity index (χ4v) is 1.73. The molecule has 1 aromatic rings. The van der Waals surface area contributed by atoms with Gasteiger partial charge in [0.1, 0.15) is 0 Å². The molecular weight excluding hydrogens is 220 g/mol. The van der Waals surface area contributed by atoms with Crippen LogP contribution in [0.25, 0.3) is 10.4 Å². The number of benzene rings is 1. The molecule has 2 rings (SSSR count). The number of hydrogen-bond donors (Lipinski definition) is 0. The molecule has 17 heavy (non-hydrogen) atoms. The van der Waals surface area contributed by atoms with Crippen molar-refractivity contribution >= 4 is 17.5 Å². The highest BCUT2D eigenvalue weighted by atomic mass is 16.2. The van der Waals surface area contributed by atoms with Crippen molar-refractivity contribution in [3.63, 3.8) is 0 Å². The van der Waals surface area contributed by atoms with E-state index in [9.17, 15) is 9.59 Å². The highest BCUT2D eigenvalue weighted by molar-refractivity contribution is 6.19. The van der Waals surface area contributed by atoms with Crippen LogP contribution in [0.3, 0.4) is 0 Å². The SMILES string of the molecule is [N-]=[N+]=NCc1ccc(N2C(=O)CCC2=O)cc1. The monoisotopic (exact) mass is 230 g/mol. The number of nitrogens with zero attached hydrogens (tertiary/aromatic N) is 4. The standard InChI is InChI=1S/C11H10N4O2/c12-14-13-7-8-1-3-9(4-2-8)15-10(16)5-6-11(15)17/h1-4H,5-7H2. The number of rotatable bonds is 3. The second-order valence-corrected chi connectivity index (χ2v) is 3.68. The number of imide groups is 1. The molecule has 1 aliphatic heterocycles. The van der Waals surface area contributed by atoms with Crippen LogP contribution in [-0.2, 0) is 16.1 Å².